The van der Waals surface area contributed by atoms with Crippen LogP contribution in [-0.4, -0.2) is 77.1 Å². The first-order valence-electron chi connectivity index (χ1n) is 11.9. The van der Waals surface area contributed by atoms with Gasteiger partial charge in [0.25, 0.3) is 6.43 Å². The Labute approximate surface area is 222 Å². The number of pyridine rings is 1. The lowest BCUT2D eigenvalue weighted by Gasteiger charge is -2.27. The molecule has 5 rings (SSSR count). The van der Waals surface area contributed by atoms with E-state index in [1.807, 2.05) is 4.90 Å². The summed E-state index contributed by atoms with van der Waals surface area (Å²) < 4.78 is 66.3. The van der Waals surface area contributed by atoms with Crippen LogP contribution >= 0.6 is 0 Å². The third-order valence-electron chi connectivity index (χ3n) is 5.85. The summed E-state index contributed by atoms with van der Waals surface area (Å²) in [6.07, 6.45) is -1.53. The van der Waals surface area contributed by atoms with Crippen molar-refractivity contribution in [3.63, 3.8) is 0 Å². The topological polar surface area (TPSA) is 149 Å². The van der Waals surface area contributed by atoms with Crippen molar-refractivity contribution in [3.8, 4) is 11.7 Å². The van der Waals surface area contributed by atoms with Gasteiger partial charge in [-0.1, -0.05) is 6.07 Å². The number of benzene rings is 1. The number of sulfonamides is 1. The van der Waals surface area contributed by atoms with Crippen LogP contribution in [0.4, 0.5) is 32.2 Å². The molecule has 0 atom stereocenters. The highest BCUT2D eigenvalue weighted by atomic mass is 32.2. The van der Waals surface area contributed by atoms with Gasteiger partial charge < -0.3 is 19.7 Å². The average Bonchev–Trinajstić information content (AvgIpc) is 3.35. The molecule has 0 bridgehead atoms. The first-order valence-corrected chi connectivity index (χ1v) is 13.6. The number of fused-ring (bicyclic) bond motifs is 1. The zero-order valence-electron chi connectivity index (χ0n) is 21.0. The van der Waals surface area contributed by atoms with Gasteiger partial charge in [0.05, 0.1) is 43.5 Å². The van der Waals surface area contributed by atoms with Crippen LogP contribution in [0.2, 0.25) is 0 Å². The molecule has 0 aliphatic carbocycles. The fraction of sp³-hybridized carbons (Fsp3) is 0.348. The summed E-state index contributed by atoms with van der Waals surface area (Å²) in [7, 11) is -2.05. The Morgan fingerprint density at radius 1 is 1.08 bits per heavy atom. The van der Waals surface area contributed by atoms with E-state index < -0.39 is 22.3 Å². The Morgan fingerprint density at radius 2 is 1.85 bits per heavy atom. The van der Waals surface area contributed by atoms with Crippen molar-refractivity contribution in [2.75, 3.05) is 54.1 Å². The number of nitrogens with zero attached hydrogens (tertiary/aromatic N) is 7. The zero-order valence-corrected chi connectivity index (χ0v) is 21.8. The van der Waals surface area contributed by atoms with E-state index in [4.69, 9.17) is 9.47 Å². The molecule has 4 heterocycles. The summed E-state index contributed by atoms with van der Waals surface area (Å²) in [5.41, 5.74) is 1.02. The number of alkyl halides is 2. The fourth-order valence-corrected chi connectivity index (χ4v) is 4.50. The minimum atomic E-state index is -3.49. The summed E-state index contributed by atoms with van der Waals surface area (Å²) in [6.45, 7) is 3.42. The molecule has 0 amide bonds. The molecule has 39 heavy (non-hydrogen) atoms. The lowest BCUT2D eigenvalue weighted by atomic mass is 10.3. The van der Waals surface area contributed by atoms with E-state index >= 15 is 0 Å². The van der Waals surface area contributed by atoms with Crippen molar-refractivity contribution in [3.05, 3.63) is 42.4 Å². The van der Waals surface area contributed by atoms with Crippen LogP contribution in [0.3, 0.4) is 0 Å². The van der Waals surface area contributed by atoms with Gasteiger partial charge in [0, 0.05) is 13.1 Å². The number of anilines is 4. The van der Waals surface area contributed by atoms with Gasteiger partial charge in [-0.25, -0.2) is 27.2 Å². The molecule has 0 spiro atoms. The van der Waals surface area contributed by atoms with Gasteiger partial charge in [0.2, 0.25) is 27.9 Å². The molecule has 16 heteroatoms. The standard InChI is InChI=1S/C23H25F2N9O4S/c1-3-39(35,36)32-17-8-7-14(13-26-17)27-21-29-22(33-9-11-38-12-10-33)31-23(30-21)34-15-5-4-6-16(37-2)18(15)28-20(34)19(24)25/h4-8,13,19H,3,9-12H2,1-2H3,(H,26,32)(H,27,29,30,31). The Kier molecular flexibility index (Phi) is 7.38. The highest BCUT2D eigenvalue weighted by molar-refractivity contribution is 7.92. The van der Waals surface area contributed by atoms with Crippen LogP contribution in [0, 0.1) is 0 Å². The molecule has 0 unspecified atom stereocenters. The monoisotopic (exact) mass is 561 g/mol. The Morgan fingerprint density at radius 3 is 2.51 bits per heavy atom. The van der Waals surface area contributed by atoms with Gasteiger partial charge in [-0.15, -0.1) is 0 Å². The predicted octanol–water partition coefficient (Wildman–Crippen LogP) is 2.89. The van der Waals surface area contributed by atoms with Crippen LogP contribution in [0.25, 0.3) is 17.0 Å². The summed E-state index contributed by atoms with van der Waals surface area (Å²) in [6, 6.07) is 7.98. The van der Waals surface area contributed by atoms with E-state index in [1.54, 1.807) is 24.3 Å². The molecule has 4 aromatic rings. The van der Waals surface area contributed by atoms with Crippen LogP contribution < -0.4 is 19.7 Å². The number of ether oxygens (including phenoxy) is 2. The summed E-state index contributed by atoms with van der Waals surface area (Å²) in [5.74, 6) is 0.0921. The molecular weight excluding hydrogens is 536 g/mol. The number of methoxy groups -OCH3 is 1. The van der Waals surface area contributed by atoms with Gasteiger partial charge >= 0.3 is 0 Å². The summed E-state index contributed by atoms with van der Waals surface area (Å²) in [4.78, 5) is 23.5. The quantitative estimate of drug-likeness (QED) is 0.311. The molecule has 3 aromatic heterocycles. The summed E-state index contributed by atoms with van der Waals surface area (Å²) in [5, 5.41) is 3.00. The van der Waals surface area contributed by atoms with Crippen molar-refractivity contribution in [1.82, 2.24) is 29.5 Å². The SMILES string of the molecule is CCS(=O)(=O)Nc1ccc(Nc2nc(N3CCOCC3)nc(-n3c(C(F)F)nc4c(OC)cccc43)n2)cn1. The molecule has 1 aromatic carbocycles. The molecule has 1 fully saturated rings. The van der Waals surface area contributed by atoms with Crippen molar-refractivity contribution < 1.29 is 26.7 Å². The highest BCUT2D eigenvalue weighted by Gasteiger charge is 2.26. The third kappa shape index (κ3) is 5.65. The largest absolute Gasteiger partial charge is 0.494 e. The number of para-hydroxylation sites is 1. The number of aromatic nitrogens is 6. The zero-order chi connectivity index (χ0) is 27.6. The number of hydrogen-bond donors (Lipinski definition) is 2. The maximum Gasteiger partial charge on any atom is 0.296 e. The lowest BCUT2D eigenvalue weighted by Crippen LogP contribution is -2.37. The molecule has 1 saturated heterocycles. The van der Waals surface area contributed by atoms with Crippen LogP contribution in [-0.2, 0) is 14.8 Å². The van der Waals surface area contributed by atoms with Crippen LogP contribution in [0.5, 0.6) is 5.75 Å². The second kappa shape index (κ2) is 10.9. The van der Waals surface area contributed by atoms with E-state index in [2.05, 4.69) is 35.0 Å². The van der Waals surface area contributed by atoms with Gasteiger partial charge in [0.1, 0.15) is 17.1 Å². The minimum absolute atomic E-state index is 0.0649. The molecule has 1 aliphatic heterocycles. The highest BCUT2D eigenvalue weighted by Crippen LogP contribution is 2.32. The number of nitrogens with one attached hydrogen (secondary N) is 2. The maximum absolute atomic E-state index is 14.2. The fourth-order valence-electron chi connectivity index (χ4n) is 3.92. The lowest BCUT2D eigenvalue weighted by molar-refractivity contribution is 0.122. The number of morpholine rings is 1. The van der Waals surface area contributed by atoms with Crippen LogP contribution in [0.15, 0.2) is 36.5 Å². The molecule has 13 nitrogen and oxygen atoms in total. The van der Waals surface area contributed by atoms with E-state index in [-0.39, 0.29) is 34.9 Å². The van der Waals surface area contributed by atoms with Gasteiger partial charge in [-0.05, 0) is 31.2 Å². The number of rotatable bonds is 9. The normalized spacial score (nSPS) is 14.1. The van der Waals surface area contributed by atoms with Crippen molar-refractivity contribution >= 4 is 44.5 Å². The maximum atomic E-state index is 14.2. The van der Waals surface area contributed by atoms with Crippen molar-refractivity contribution in [2.45, 2.75) is 13.3 Å². The van der Waals surface area contributed by atoms with Crippen molar-refractivity contribution in [2.24, 2.45) is 0 Å². The summed E-state index contributed by atoms with van der Waals surface area (Å²) >= 11 is 0. The van der Waals surface area contributed by atoms with E-state index in [0.717, 1.165) is 0 Å². The van der Waals surface area contributed by atoms with Gasteiger partial charge in [-0.2, -0.15) is 15.0 Å². The smallest absolute Gasteiger partial charge is 0.296 e. The molecule has 2 N–H and O–H groups in total. The van der Waals surface area contributed by atoms with Gasteiger partial charge in [0.15, 0.2) is 5.82 Å². The predicted molar refractivity (Wildman–Crippen MR) is 140 cm³/mol. The Balaban J connectivity index is 1.58. The molecule has 0 saturated carbocycles. The van der Waals surface area contributed by atoms with Crippen molar-refractivity contribution in [1.29, 1.82) is 0 Å². The number of halogens is 2. The number of hydrogen-bond acceptors (Lipinski definition) is 11. The molecule has 206 valence electrons. The molecule has 1 aliphatic rings. The Hall–Kier alpha value is -4.18. The third-order valence-corrected chi connectivity index (χ3v) is 7.13. The number of imidazole rings is 1. The van der Waals surface area contributed by atoms with Crippen LogP contribution in [0.1, 0.15) is 19.2 Å². The minimum Gasteiger partial charge on any atom is -0.494 e. The first kappa shape index (κ1) is 26.4. The van der Waals surface area contributed by atoms with E-state index in [9.17, 15) is 17.2 Å². The Bertz CT molecular complexity index is 1580. The first-order chi connectivity index (χ1) is 18.8. The second-order valence-corrected chi connectivity index (χ2v) is 10.4. The van der Waals surface area contributed by atoms with E-state index in [0.29, 0.717) is 43.3 Å². The van der Waals surface area contributed by atoms with Gasteiger partial charge in [-0.3, -0.25) is 9.29 Å². The molecule has 0 radical (unpaired) electrons. The van der Waals surface area contributed by atoms with E-state index in [1.165, 1.54) is 30.9 Å². The second-order valence-electron chi connectivity index (χ2n) is 8.36. The average molecular weight is 562 g/mol. The molecular formula is C23H25F2N9O4S.